The van der Waals surface area contributed by atoms with E-state index in [1.54, 1.807) is 6.08 Å². The van der Waals surface area contributed by atoms with Crippen LogP contribution in [0.5, 0.6) is 0 Å². The molecule has 1 heteroatoms. The van der Waals surface area contributed by atoms with E-state index in [1.807, 2.05) is 32.0 Å². The molecule has 86 valence electrons. The Morgan fingerprint density at radius 3 is 2.47 bits per heavy atom. The third-order valence-electron chi connectivity index (χ3n) is 2.64. The third kappa shape index (κ3) is 3.04. The Morgan fingerprint density at radius 2 is 1.76 bits per heavy atom. The van der Waals surface area contributed by atoms with Crippen molar-refractivity contribution in [3.63, 3.8) is 0 Å². The van der Waals surface area contributed by atoms with Gasteiger partial charge in [-0.2, -0.15) is 0 Å². The lowest BCUT2D eigenvalue weighted by Gasteiger charge is -2.02. The van der Waals surface area contributed by atoms with Crippen molar-refractivity contribution in [2.75, 3.05) is 0 Å². The molecule has 1 nitrogen and oxygen atoms in total. The summed E-state index contributed by atoms with van der Waals surface area (Å²) in [6.07, 6.45) is 2.19. The molecule has 2 aromatic rings. The molecule has 0 aromatic heterocycles. The standard InChI is InChI=1S/C16H16O/c1-12(2)9-16(17)11-13-7-8-14-5-3-4-6-15(14)10-13/h3-10H,11H2,1-2H3. The Balaban J connectivity index is 2.25. The molecule has 0 bridgehead atoms. The Bertz CT molecular complexity index is 575. The van der Waals surface area contributed by atoms with Crippen LogP contribution in [-0.2, 0) is 11.2 Å². The second kappa shape index (κ2) is 4.96. The maximum Gasteiger partial charge on any atom is 0.159 e. The fraction of sp³-hybridized carbons (Fsp3) is 0.188. The summed E-state index contributed by atoms with van der Waals surface area (Å²) in [5.41, 5.74) is 2.13. The van der Waals surface area contributed by atoms with Crippen LogP contribution < -0.4 is 0 Å². The van der Waals surface area contributed by atoms with E-state index in [2.05, 4.69) is 24.3 Å². The van der Waals surface area contributed by atoms with Crippen molar-refractivity contribution in [1.29, 1.82) is 0 Å². The van der Waals surface area contributed by atoms with Gasteiger partial charge < -0.3 is 0 Å². The van der Waals surface area contributed by atoms with Crippen LogP contribution in [-0.4, -0.2) is 5.78 Å². The van der Waals surface area contributed by atoms with E-state index in [0.29, 0.717) is 6.42 Å². The van der Waals surface area contributed by atoms with E-state index in [1.165, 1.54) is 10.8 Å². The molecule has 0 fully saturated rings. The van der Waals surface area contributed by atoms with Crippen molar-refractivity contribution >= 4 is 16.6 Å². The van der Waals surface area contributed by atoms with E-state index in [9.17, 15) is 4.79 Å². The van der Waals surface area contributed by atoms with E-state index in [-0.39, 0.29) is 5.78 Å². The molecule has 0 aliphatic carbocycles. The molecule has 0 aliphatic heterocycles. The van der Waals surface area contributed by atoms with Crippen LogP contribution in [0.3, 0.4) is 0 Å². The second-order valence-corrected chi connectivity index (χ2v) is 4.55. The smallest absolute Gasteiger partial charge is 0.159 e. The molecule has 2 aromatic carbocycles. The van der Waals surface area contributed by atoms with Gasteiger partial charge in [-0.05, 0) is 36.3 Å². The van der Waals surface area contributed by atoms with Crippen molar-refractivity contribution < 1.29 is 4.79 Å². The van der Waals surface area contributed by atoms with E-state index in [0.717, 1.165) is 11.1 Å². The van der Waals surface area contributed by atoms with Gasteiger partial charge >= 0.3 is 0 Å². The van der Waals surface area contributed by atoms with Crippen LogP contribution in [0.25, 0.3) is 10.8 Å². The molecule has 0 saturated carbocycles. The van der Waals surface area contributed by atoms with E-state index >= 15 is 0 Å². The van der Waals surface area contributed by atoms with Gasteiger partial charge in [0, 0.05) is 6.42 Å². The summed E-state index contributed by atoms with van der Waals surface area (Å²) in [4.78, 5) is 11.7. The van der Waals surface area contributed by atoms with E-state index in [4.69, 9.17) is 0 Å². The summed E-state index contributed by atoms with van der Waals surface area (Å²) in [7, 11) is 0. The summed E-state index contributed by atoms with van der Waals surface area (Å²) in [6, 6.07) is 14.4. The fourth-order valence-corrected chi connectivity index (χ4v) is 1.92. The topological polar surface area (TPSA) is 17.1 Å². The van der Waals surface area contributed by atoms with Gasteiger partial charge in [-0.25, -0.2) is 0 Å². The zero-order valence-electron chi connectivity index (χ0n) is 10.2. The van der Waals surface area contributed by atoms with Crippen molar-refractivity contribution in [1.82, 2.24) is 0 Å². The van der Waals surface area contributed by atoms with Gasteiger partial charge in [0.15, 0.2) is 5.78 Å². The molecule has 0 unspecified atom stereocenters. The van der Waals surface area contributed by atoms with Crippen molar-refractivity contribution in [3.8, 4) is 0 Å². The van der Waals surface area contributed by atoms with Crippen LogP contribution >= 0.6 is 0 Å². The van der Waals surface area contributed by atoms with Gasteiger partial charge in [0.05, 0.1) is 0 Å². The van der Waals surface area contributed by atoms with Gasteiger partial charge in [0.2, 0.25) is 0 Å². The zero-order valence-corrected chi connectivity index (χ0v) is 10.2. The summed E-state index contributed by atoms with van der Waals surface area (Å²) in [5.74, 6) is 0.167. The van der Waals surface area contributed by atoms with Crippen LogP contribution in [0.2, 0.25) is 0 Å². The first-order chi connectivity index (χ1) is 8.15. The predicted molar refractivity (Wildman–Crippen MR) is 72.1 cm³/mol. The first-order valence-electron chi connectivity index (χ1n) is 5.80. The molecule has 0 atom stereocenters. The number of hydrogen-bond acceptors (Lipinski definition) is 1. The van der Waals surface area contributed by atoms with E-state index < -0.39 is 0 Å². The zero-order chi connectivity index (χ0) is 12.3. The Hall–Kier alpha value is -1.89. The number of carbonyl (C=O) groups excluding carboxylic acids is 1. The van der Waals surface area contributed by atoms with Crippen molar-refractivity contribution in [3.05, 3.63) is 59.7 Å². The highest BCUT2D eigenvalue weighted by Crippen LogP contribution is 2.16. The Labute approximate surface area is 102 Å². The summed E-state index contributed by atoms with van der Waals surface area (Å²) < 4.78 is 0. The lowest BCUT2D eigenvalue weighted by atomic mass is 10.0. The first-order valence-corrected chi connectivity index (χ1v) is 5.80. The average Bonchev–Trinajstić information content (AvgIpc) is 2.27. The molecule has 0 spiro atoms. The summed E-state index contributed by atoms with van der Waals surface area (Å²) in [6.45, 7) is 3.89. The van der Waals surface area contributed by atoms with Crippen LogP contribution in [0.1, 0.15) is 19.4 Å². The maximum absolute atomic E-state index is 11.7. The average molecular weight is 224 g/mol. The van der Waals surface area contributed by atoms with Gasteiger partial charge in [-0.15, -0.1) is 0 Å². The Kier molecular flexibility index (Phi) is 3.38. The second-order valence-electron chi connectivity index (χ2n) is 4.55. The minimum absolute atomic E-state index is 0.167. The number of hydrogen-bond donors (Lipinski definition) is 0. The number of fused-ring (bicyclic) bond motifs is 1. The largest absolute Gasteiger partial charge is 0.294 e. The van der Waals surface area contributed by atoms with Crippen molar-refractivity contribution in [2.24, 2.45) is 0 Å². The summed E-state index contributed by atoms with van der Waals surface area (Å²) in [5, 5.41) is 2.40. The van der Waals surface area contributed by atoms with Crippen molar-refractivity contribution in [2.45, 2.75) is 20.3 Å². The lowest BCUT2D eigenvalue weighted by Crippen LogP contribution is -1.99. The minimum atomic E-state index is 0.167. The molecule has 17 heavy (non-hydrogen) atoms. The first kappa shape index (κ1) is 11.6. The van der Waals surface area contributed by atoms with Crippen LogP contribution in [0.4, 0.5) is 0 Å². The number of rotatable bonds is 3. The molecule has 0 heterocycles. The number of benzene rings is 2. The fourth-order valence-electron chi connectivity index (χ4n) is 1.92. The van der Waals surface area contributed by atoms with Crippen LogP contribution in [0.15, 0.2) is 54.1 Å². The molecule has 0 radical (unpaired) electrons. The molecule has 0 aliphatic rings. The highest BCUT2D eigenvalue weighted by molar-refractivity contribution is 5.93. The molecular weight excluding hydrogens is 208 g/mol. The van der Waals surface area contributed by atoms with Crippen LogP contribution in [0, 0.1) is 0 Å². The monoisotopic (exact) mass is 224 g/mol. The summed E-state index contributed by atoms with van der Waals surface area (Å²) >= 11 is 0. The van der Waals surface area contributed by atoms with Gasteiger partial charge in [0.1, 0.15) is 0 Å². The molecule has 0 N–H and O–H groups in total. The number of allylic oxidation sites excluding steroid dienone is 2. The third-order valence-corrected chi connectivity index (χ3v) is 2.64. The minimum Gasteiger partial charge on any atom is -0.294 e. The van der Waals surface area contributed by atoms with Gasteiger partial charge in [-0.1, -0.05) is 48.0 Å². The highest BCUT2D eigenvalue weighted by Gasteiger charge is 2.01. The molecule has 0 amide bonds. The predicted octanol–water partition coefficient (Wildman–Crippen LogP) is 3.92. The quantitative estimate of drug-likeness (QED) is 0.722. The highest BCUT2D eigenvalue weighted by atomic mass is 16.1. The van der Waals surface area contributed by atoms with Gasteiger partial charge in [-0.3, -0.25) is 4.79 Å². The Morgan fingerprint density at radius 1 is 1.06 bits per heavy atom. The van der Waals surface area contributed by atoms with Gasteiger partial charge in [0.25, 0.3) is 0 Å². The SMILES string of the molecule is CC(C)=CC(=O)Cc1ccc2ccccc2c1. The normalized spacial score (nSPS) is 10.2. The lowest BCUT2D eigenvalue weighted by molar-refractivity contribution is -0.114. The number of carbonyl (C=O) groups is 1. The molecule has 0 saturated heterocycles. The molecule has 2 rings (SSSR count). The molecular formula is C16H16O. The number of ketones is 1. The maximum atomic E-state index is 11.7.